The second-order valence-electron chi connectivity index (χ2n) is 7.01. The molecule has 28 heavy (non-hydrogen) atoms. The van der Waals surface area contributed by atoms with E-state index in [9.17, 15) is 15.1 Å². The Balaban J connectivity index is 1.70. The van der Waals surface area contributed by atoms with E-state index in [2.05, 4.69) is 19.8 Å². The second kappa shape index (κ2) is 8.54. The van der Waals surface area contributed by atoms with Gasteiger partial charge in [0.15, 0.2) is 4.80 Å². The molecule has 0 saturated carbocycles. The number of thiazole rings is 1. The molecule has 1 amide bonds. The van der Waals surface area contributed by atoms with Crippen molar-refractivity contribution < 1.29 is 14.7 Å². The minimum Gasteiger partial charge on any atom is -0.601 e. The lowest BCUT2D eigenvalue weighted by Gasteiger charge is -2.50. The van der Waals surface area contributed by atoms with Gasteiger partial charge in [0.05, 0.1) is 13.1 Å². The number of hydrogen-bond donors (Lipinski definition) is 1. The van der Waals surface area contributed by atoms with Gasteiger partial charge in [-0.3, -0.25) is 9.89 Å². The monoisotopic (exact) mass is 405 g/mol. The molecule has 1 aromatic heterocycles. The van der Waals surface area contributed by atoms with Gasteiger partial charge in [-0.05, 0) is 6.92 Å². The molecule has 0 radical (unpaired) electrons. The zero-order valence-electron chi connectivity index (χ0n) is 16.5. The van der Waals surface area contributed by atoms with Crippen molar-refractivity contribution in [2.75, 3.05) is 33.2 Å². The fraction of sp³-hybridized carbons (Fsp3) is 0.474. The number of rotatable bonds is 5. The van der Waals surface area contributed by atoms with E-state index in [1.165, 1.54) is 5.01 Å². The summed E-state index contributed by atoms with van der Waals surface area (Å²) >= 11 is 1.60. The molecule has 1 fully saturated rings. The van der Waals surface area contributed by atoms with Crippen LogP contribution in [0.2, 0.25) is 0 Å². The summed E-state index contributed by atoms with van der Waals surface area (Å²) in [4.78, 5) is 19.4. The highest BCUT2D eigenvalue weighted by Crippen LogP contribution is 2.31. The first kappa shape index (κ1) is 20.7. The van der Waals surface area contributed by atoms with Crippen molar-refractivity contribution in [3.8, 4) is 0 Å². The second-order valence-corrected chi connectivity index (χ2v) is 7.85. The van der Waals surface area contributed by atoms with Gasteiger partial charge >= 0.3 is 6.09 Å². The molecular formula is C19H27N5O3S. The van der Waals surface area contributed by atoms with Gasteiger partial charge in [0.25, 0.3) is 0 Å². The van der Waals surface area contributed by atoms with E-state index in [4.69, 9.17) is 0 Å². The van der Waals surface area contributed by atoms with Crippen molar-refractivity contribution in [2.24, 2.45) is 12.0 Å². The minimum atomic E-state index is -1.37. The summed E-state index contributed by atoms with van der Waals surface area (Å²) < 4.78 is 0.697. The van der Waals surface area contributed by atoms with Crippen LogP contribution in [0.5, 0.6) is 0 Å². The third-order valence-electron chi connectivity index (χ3n) is 5.44. The Kier molecular flexibility index (Phi) is 6.31. The number of quaternary nitrogens is 1. The standard InChI is InChI=1S/C19H27N5O3S/c1-15(16-7-5-4-6-8-16)24(27,19(25)26)23-11-9-22(10-12-23)13-17-14-28-18(20-2)21(17)3/h4-8,14-15H,9-13H2,1-3H3,(H,25,26). The predicted octanol–water partition coefficient (Wildman–Crippen LogP) is 2.40. The van der Waals surface area contributed by atoms with Crippen LogP contribution >= 0.6 is 11.3 Å². The van der Waals surface area contributed by atoms with Gasteiger partial charge in [0, 0.05) is 50.4 Å². The molecule has 9 heteroatoms. The van der Waals surface area contributed by atoms with E-state index in [0.717, 1.165) is 22.6 Å². The molecule has 1 saturated heterocycles. The van der Waals surface area contributed by atoms with Gasteiger partial charge in [-0.2, -0.15) is 9.55 Å². The van der Waals surface area contributed by atoms with E-state index < -0.39 is 16.9 Å². The minimum absolute atomic E-state index is 0.409. The average molecular weight is 406 g/mol. The average Bonchev–Trinajstić information content (AvgIpc) is 3.07. The number of carbonyl (C=O) groups is 1. The van der Waals surface area contributed by atoms with Crippen molar-refractivity contribution >= 4 is 17.4 Å². The highest BCUT2D eigenvalue weighted by Gasteiger charge is 2.43. The first-order valence-corrected chi connectivity index (χ1v) is 10.2. The number of aromatic nitrogens is 1. The zero-order chi connectivity index (χ0) is 20.3. The topological polar surface area (TPSA) is 84.1 Å². The molecule has 2 atom stereocenters. The molecule has 0 bridgehead atoms. The maximum Gasteiger partial charge on any atom is 0.534 e. The summed E-state index contributed by atoms with van der Waals surface area (Å²) in [6.45, 7) is 4.55. The van der Waals surface area contributed by atoms with E-state index in [0.29, 0.717) is 26.2 Å². The van der Waals surface area contributed by atoms with Crippen molar-refractivity contribution in [2.45, 2.75) is 19.5 Å². The Bertz CT molecular complexity index is 873. The molecule has 1 aromatic carbocycles. The van der Waals surface area contributed by atoms with Gasteiger partial charge in [-0.15, -0.1) is 16.3 Å². The lowest BCUT2D eigenvalue weighted by Crippen LogP contribution is -2.64. The maximum atomic E-state index is 13.4. The summed E-state index contributed by atoms with van der Waals surface area (Å²) in [7, 11) is 3.77. The highest BCUT2D eigenvalue weighted by atomic mass is 32.1. The molecule has 2 aromatic rings. The van der Waals surface area contributed by atoms with Crippen LogP contribution in [0, 0.1) is 5.21 Å². The molecule has 1 aliphatic heterocycles. The van der Waals surface area contributed by atoms with Gasteiger partial charge in [-0.1, -0.05) is 30.3 Å². The first-order valence-electron chi connectivity index (χ1n) is 9.30. The molecule has 0 spiro atoms. The van der Waals surface area contributed by atoms with Crippen LogP contribution in [0.3, 0.4) is 0 Å². The summed E-state index contributed by atoms with van der Waals surface area (Å²) in [5, 5.41) is 26.8. The highest BCUT2D eigenvalue weighted by molar-refractivity contribution is 7.07. The van der Waals surface area contributed by atoms with Gasteiger partial charge < -0.3 is 14.9 Å². The maximum absolute atomic E-state index is 13.4. The Labute approximate surface area is 168 Å². The van der Waals surface area contributed by atoms with Crippen LogP contribution < -0.4 is 4.80 Å². The van der Waals surface area contributed by atoms with Crippen LogP contribution in [0.15, 0.2) is 40.7 Å². The van der Waals surface area contributed by atoms with E-state index in [-0.39, 0.29) is 0 Å². The molecule has 152 valence electrons. The summed E-state index contributed by atoms with van der Waals surface area (Å²) in [5.74, 6) is 0. The Morgan fingerprint density at radius 3 is 2.46 bits per heavy atom. The predicted molar refractivity (Wildman–Crippen MR) is 108 cm³/mol. The van der Waals surface area contributed by atoms with Crippen LogP contribution in [-0.2, 0) is 13.6 Å². The quantitative estimate of drug-likeness (QED) is 0.610. The Morgan fingerprint density at radius 1 is 1.29 bits per heavy atom. The number of nitrogens with zero attached hydrogens (tertiary/aromatic N) is 5. The Hall–Kier alpha value is -2.04. The number of amides is 1. The summed E-state index contributed by atoms with van der Waals surface area (Å²) in [5.41, 5.74) is 1.89. The number of hydrogen-bond acceptors (Lipinski definition) is 6. The third-order valence-corrected chi connectivity index (χ3v) is 6.50. The van der Waals surface area contributed by atoms with Gasteiger partial charge in [0.1, 0.15) is 6.04 Å². The number of benzene rings is 1. The van der Waals surface area contributed by atoms with E-state index >= 15 is 0 Å². The van der Waals surface area contributed by atoms with Gasteiger partial charge in [-0.25, -0.2) is 0 Å². The fourth-order valence-electron chi connectivity index (χ4n) is 3.63. The number of hydroxylamine groups is 2. The molecule has 1 aliphatic rings. The van der Waals surface area contributed by atoms with Crippen LogP contribution in [0.1, 0.15) is 24.2 Å². The first-order chi connectivity index (χ1) is 13.4. The molecule has 2 heterocycles. The Morgan fingerprint density at radius 2 is 1.93 bits per heavy atom. The van der Waals surface area contributed by atoms with Crippen molar-refractivity contribution in [1.29, 1.82) is 0 Å². The van der Waals surface area contributed by atoms with Gasteiger partial charge in [0.2, 0.25) is 0 Å². The molecule has 8 nitrogen and oxygen atoms in total. The molecule has 1 N–H and O–H groups in total. The van der Waals surface area contributed by atoms with Crippen LogP contribution in [-0.4, -0.2) is 63.7 Å². The van der Waals surface area contributed by atoms with Crippen LogP contribution in [0.25, 0.3) is 0 Å². The lowest BCUT2D eigenvalue weighted by molar-refractivity contribution is -0.955. The summed E-state index contributed by atoms with van der Waals surface area (Å²) in [6, 6.07) is 8.41. The van der Waals surface area contributed by atoms with Crippen molar-refractivity contribution in [1.82, 2.24) is 14.5 Å². The molecule has 0 aliphatic carbocycles. The molecule has 2 unspecified atom stereocenters. The smallest absolute Gasteiger partial charge is 0.534 e. The fourth-order valence-corrected chi connectivity index (χ4v) is 4.49. The van der Waals surface area contributed by atoms with E-state index in [1.54, 1.807) is 25.3 Å². The van der Waals surface area contributed by atoms with Crippen molar-refractivity contribution in [3.05, 3.63) is 57.0 Å². The largest absolute Gasteiger partial charge is 0.601 e. The third kappa shape index (κ3) is 3.89. The molecule has 3 rings (SSSR count). The van der Waals surface area contributed by atoms with E-state index in [1.807, 2.05) is 37.4 Å². The lowest BCUT2D eigenvalue weighted by atomic mass is 10.1. The zero-order valence-corrected chi connectivity index (χ0v) is 17.3. The molecular weight excluding hydrogens is 378 g/mol. The number of piperazine rings is 1. The van der Waals surface area contributed by atoms with Crippen molar-refractivity contribution in [3.63, 3.8) is 0 Å². The summed E-state index contributed by atoms with van der Waals surface area (Å²) in [6.07, 6.45) is -1.37. The van der Waals surface area contributed by atoms with Crippen LogP contribution in [0.4, 0.5) is 4.79 Å². The number of carboxylic acid groups (broad SMARTS) is 1. The SMILES string of the molecule is CN=c1scc(CN2CCN([N+]([O-])(C(=O)O)C(C)c3ccccc3)CC2)n1C. The normalized spacial score (nSPS) is 20.1.